The highest BCUT2D eigenvalue weighted by atomic mass is 16.6. The molecule has 1 aliphatic heterocycles. The molecule has 2 aromatic heterocycles. The summed E-state index contributed by atoms with van der Waals surface area (Å²) in [6, 6.07) is 52.2. The number of fused-ring (bicyclic) bond motifs is 6. The number of benzene rings is 7. The van der Waals surface area contributed by atoms with Crippen molar-refractivity contribution in [3.05, 3.63) is 180 Å². The van der Waals surface area contributed by atoms with Gasteiger partial charge in [0.05, 0.1) is 35.3 Å². The van der Waals surface area contributed by atoms with Crippen LogP contribution in [0.25, 0.3) is 55.0 Å². The Morgan fingerprint density at radius 1 is 0.463 bits per heavy atom. The summed E-state index contributed by atoms with van der Waals surface area (Å²) in [6.45, 7) is 1.15. The molecule has 0 aliphatic carbocycles. The fourth-order valence-corrected chi connectivity index (χ4v) is 7.90. The van der Waals surface area contributed by atoms with Gasteiger partial charge in [-0.25, -0.2) is 0 Å². The highest BCUT2D eigenvalue weighted by Crippen LogP contribution is 2.40. The van der Waals surface area contributed by atoms with E-state index in [0.29, 0.717) is 35.5 Å². The van der Waals surface area contributed by atoms with Gasteiger partial charge in [0.15, 0.2) is 11.6 Å². The smallest absolute Gasteiger partial charge is 0.405 e. The van der Waals surface area contributed by atoms with E-state index in [2.05, 4.69) is 89.8 Å². The first-order valence-corrected chi connectivity index (χ1v) is 18.2. The van der Waals surface area contributed by atoms with Gasteiger partial charge in [0.25, 0.3) is 0 Å². The minimum absolute atomic E-state index is 0.0153. The molecule has 1 aliphatic rings. The fourth-order valence-electron chi connectivity index (χ4n) is 7.90. The van der Waals surface area contributed by atoms with Crippen LogP contribution in [0.15, 0.2) is 158 Å². The number of hydrogen-bond acceptors (Lipinski definition) is 4. The Bertz CT molecular complexity index is 2910. The summed E-state index contributed by atoms with van der Waals surface area (Å²) in [5.74, 6) is -0.0403. The first kappa shape index (κ1) is 32.2. The highest BCUT2D eigenvalue weighted by Gasteiger charge is 2.26. The third-order valence-corrected chi connectivity index (χ3v) is 10.6. The van der Waals surface area contributed by atoms with Crippen LogP contribution in [0.3, 0.4) is 0 Å². The van der Waals surface area contributed by atoms with Crippen LogP contribution in [-0.2, 0) is 9.31 Å². The fraction of sp³-hybridized carbons (Fsp3) is 0.0435. The molecule has 256 valence electrons. The van der Waals surface area contributed by atoms with Crippen LogP contribution in [-0.4, -0.2) is 48.9 Å². The predicted octanol–water partition coefficient (Wildman–Crippen LogP) is 7.34. The second-order valence-electron chi connectivity index (χ2n) is 13.9. The number of aromatic nitrogens is 2. The van der Waals surface area contributed by atoms with Gasteiger partial charge in [0, 0.05) is 55.2 Å². The molecule has 1 saturated heterocycles. The van der Waals surface area contributed by atoms with Gasteiger partial charge in [-0.3, -0.25) is 9.59 Å². The Morgan fingerprint density at radius 2 is 0.889 bits per heavy atom. The van der Waals surface area contributed by atoms with Crippen LogP contribution in [0.5, 0.6) is 0 Å². The van der Waals surface area contributed by atoms with Gasteiger partial charge in [-0.15, -0.1) is 0 Å². The molecule has 7 aromatic carbocycles. The van der Waals surface area contributed by atoms with Crippen LogP contribution in [0.2, 0.25) is 0 Å². The third-order valence-electron chi connectivity index (χ3n) is 10.6. The lowest BCUT2D eigenvalue weighted by molar-refractivity contribution is 0.103. The van der Waals surface area contributed by atoms with Crippen molar-refractivity contribution >= 4 is 81.1 Å². The van der Waals surface area contributed by atoms with Crippen LogP contribution in [0, 0.1) is 0 Å². The molecule has 0 atom stereocenters. The van der Waals surface area contributed by atoms with Crippen LogP contribution in [0.4, 0.5) is 0 Å². The minimum atomic E-state index is -0.376. The molecule has 6 nitrogen and oxygen atoms in total. The number of hydrogen-bond donors (Lipinski definition) is 0. The van der Waals surface area contributed by atoms with E-state index in [1.54, 1.807) is 0 Å². The van der Waals surface area contributed by atoms with Crippen molar-refractivity contribution in [1.82, 2.24) is 9.13 Å². The lowest BCUT2D eigenvalue weighted by atomic mass is 9.79. The monoisotopic (exact) mass is 698 g/mol. The van der Waals surface area contributed by atoms with Gasteiger partial charge in [0.1, 0.15) is 7.85 Å². The Labute approximate surface area is 312 Å². The van der Waals surface area contributed by atoms with Gasteiger partial charge < -0.3 is 18.4 Å². The van der Waals surface area contributed by atoms with E-state index in [0.717, 1.165) is 60.4 Å². The molecule has 0 saturated carbocycles. The summed E-state index contributed by atoms with van der Waals surface area (Å²) >= 11 is 0. The molecule has 54 heavy (non-hydrogen) atoms. The van der Waals surface area contributed by atoms with E-state index in [4.69, 9.17) is 9.31 Å². The van der Waals surface area contributed by atoms with Crippen molar-refractivity contribution in [2.24, 2.45) is 0 Å². The molecule has 0 radical (unpaired) electrons. The van der Waals surface area contributed by atoms with Gasteiger partial charge in [-0.05, 0) is 54.0 Å². The normalized spacial score (nSPS) is 13.1. The van der Waals surface area contributed by atoms with Crippen molar-refractivity contribution in [2.45, 2.75) is 0 Å². The summed E-state index contributed by atoms with van der Waals surface area (Å²) in [4.78, 5) is 27.5. The third kappa shape index (κ3) is 5.30. The summed E-state index contributed by atoms with van der Waals surface area (Å²) in [6.07, 6.45) is 0. The lowest BCUT2D eigenvalue weighted by Crippen LogP contribution is -2.31. The van der Waals surface area contributed by atoms with Gasteiger partial charge in [-0.1, -0.05) is 115 Å². The summed E-state index contributed by atoms with van der Waals surface area (Å²) < 4.78 is 16.1. The van der Waals surface area contributed by atoms with Crippen LogP contribution >= 0.6 is 0 Å². The second-order valence-corrected chi connectivity index (χ2v) is 13.9. The molecule has 10 rings (SSSR count). The topological polar surface area (TPSA) is 62.5 Å². The maximum absolute atomic E-state index is 13.8. The van der Waals surface area contributed by atoms with E-state index < -0.39 is 0 Å². The molecule has 0 N–H and O–H groups in total. The first-order valence-electron chi connectivity index (χ1n) is 18.2. The zero-order valence-corrected chi connectivity index (χ0v) is 29.5. The van der Waals surface area contributed by atoms with Gasteiger partial charge in [0.2, 0.25) is 0 Å². The average Bonchev–Trinajstić information content (AvgIpc) is 3.96. The summed E-state index contributed by atoms with van der Waals surface area (Å²) in [5, 5.41) is 4.19. The molecular weight excluding hydrogens is 666 g/mol. The number of carbonyl (C=O) groups is 2. The molecule has 0 unspecified atom stereocenters. The molecule has 9 aromatic rings. The number of nitrogens with zero attached hydrogens (tertiary/aromatic N) is 2. The molecule has 3 heterocycles. The van der Waals surface area contributed by atoms with E-state index in [9.17, 15) is 9.59 Å². The largest absolute Gasteiger partial charge is 0.494 e. The van der Waals surface area contributed by atoms with Crippen LogP contribution < -0.4 is 10.9 Å². The Kier molecular flexibility index (Phi) is 7.68. The number of rotatable bonds is 7. The van der Waals surface area contributed by atoms with E-state index in [-0.39, 0.29) is 18.7 Å². The Balaban J connectivity index is 1.24. The van der Waals surface area contributed by atoms with Crippen LogP contribution in [0.1, 0.15) is 31.8 Å². The summed E-state index contributed by atoms with van der Waals surface area (Å²) in [7, 11) is 1.71. The van der Waals surface area contributed by atoms with Crippen molar-refractivity contribution in [3.8, 4) is 11.4 Å². The van der Waals surface area contributed by atoms with Gasteiger partial charge in [-0.2, -0.15) is 0 Å². The Morgan fingerprint density at radius 3 is 1.35 bits per heavy atom. The van der Waals surface area contributed by atoms with Crippen molar-refractivity contribution in [3.63, 3.8) is 0 Å². The van der Waals surface area contributed by atoms with E-state index in [1.165, 1.54) is 5.46 Å². The molecule has 1 fully saturated rings. The molecule has 0 spiro atoms. The molecular formula is C46H32B2N2O4. The Hall–Kier alpha value is -6.47. The standard InChI is InChI=1S/C46H32B2N2O4/c47-33-13-17-35(18-14-33)49-41-25-31(45(51)29-7-3-1-4-8-29)11-21-37(41)39-28-44-40(27-43(39)49)38-22-12-32(46(52)30-9-5-2-6-10-30)26-42(38)50(44)36-19-15-34(16-20-36)48-53-23-24-54-48/h1-22,25-28H,23-24,47H2. The highest BCUT2D eigenvalue weighted by molar-refractivity contribution is 6.61. The van der Waals surface area contributed by atoms with E-state index in [1.807, 2.05) is 84.9 Å². The SMILES string of the molecule is Bc1ccc(-n2c3cc(C(=O)c4ccccc4)ccc3c3cc4c(cc32)c2ccc(C(=O)c3ccccc3)cc2n4-c2ccc(B3OCCO3)cc2)cc1. The zero-order chi connectivity index (χ0) is 36.3. The predicted molar refractivity (Wildman–Crippen MR) is 220 cm³/mol. The zero-order valence-electron chi connectivity index (χ0n) is 29.5. The van der Waals surface area contributed by atoms with Gasteiger partial charge >= 0.3 is 7.12 Å². The van der Waals surface area contributed by atoms with E-state index >= 15 is 0 Å². The lowest BCUT2D eigenvalue weighted by Gasteiger charge is -2.11. The maximum Gasteiger partial charge on any atom is 0.494 e. The number of ketones is 2. The molecule has 8 heteroatoms. The first-order chi connectivity index (χ1) is 26.5. The summed E-state index contributed by atoms with van der Waals surface area (Å²) in [5.41, 5.74) is 10.6. The van der Waals surface area contributed by atoms with Crippen molar-refractivity contribution < 1.29 is 18.9 Å². The minimum Gasteiger partial charge on any atom is -0.405 e. The second kappa shape index (κ2) is 12.9. The van der Waals surface area contributed by atoms with Crippen molar-refractivity contribution in [2.75, 3.05) is 13.2 Å². The number of carbonyl (C=O) groups excluding carboxylic acids is 2. The van der Waals surface area contributed by atoms with Crippen molar-refractivity contribution in [1.29, 1.82) is 0 Å². The average molecular weight is 698 g/mol. The maximum atomic E-state index is 13.8. The quantitative estimate of drug-likeness (QED) is 0.129. The molecule has 0 bridgehead atoms. The molecule has 0 amide bonds.